The molecule has 138 valence electrons. The zero-order valence-corrected chi connectivity index (χ0v) is 14.9. The van der Waals surface area contributed by atoms with Gasteiger partial charge in [-0.15, -0.1) is 0 Å². The smallest absolute Gasteiger partial charge is 0.251 e. The number of aromatic hydroxyl groups is 1. The number of benzene rings is 2. The molecule has 0 aliphatic carbocycles. The van der Waals surface area contributed by atoms with Crippen LogP contribution < -0.4 is 14.8 Å². The lowest BCUT2D eigenvalue weighted by atomic mass is 10.1. The van der Waals surface area contributed by atoms with E-state index >= 15 is 0 Å². The minimum atomic E-state index is -0.214. The molecule has 0 atom stereocenters. The van der Waals surface area contributed by atoms with Gasteiger partial charge in [-0.3, -0.25) is 9.78 Å². The van der Waals surface area contributed by atoms with Gasteiger partial charge in [0.25, 0.3) is 5.91 Å². The molecule has 3 aromatic rings. The van der Waals surface area contributed by atoms with E-state index in [4.69, 9.17) is 9.47 Å². The zero-order valence-electron chi connectivity index (χ0n) is 14.9. The van der Waals surface area contributed by atoms with Crippen LogP contribution in [-0.2, 0) is 13.2 Å². The number of phenolic OH excluding ortho intramolecular Hbond substituents is 1. The lowest BCUT2D eigenvalue weighted by Gasteiger charge is -2.10. The van der Waals surface area contributed by atoms with Crippen LogP contribution in [0.1, 0.15) is 21.5 Å². The van der Waals surface area contributed by atoms with Crippen molar-refractivity contribution in [3.8, 4) is 17.2 Å². The van der Waals surface area contributed by atoms with E-state index < -0.39 is 0 Å². The molecule has 27 heavy (non-hydrogen) atoms. The van der Waals surface area contributed by atoms with Crippen LogP contribution in [0.2, 0.25) is 0 Å². The van der Waals surface area contributed by atoms with Crippen LogP contribution in [0.25, 0.3) is 0 Å². The van der Waals surface area contributed by atoms with Crippen molar-refractivity contribution in [2.75, 3.05) is 7.11 Å². The zero-order chi connectivity index (χ0) is 19.1. The lowest BCUT2D eigenvalue weighted by Crippen LogP contribution is -2.22. The summed E-state index contributed by atoms with van der Waals surface area (Å²) >= 11 is 0. The Morgan fingerprint density at radius 3 is 2.78 bits per heavy atom. The molecule has 2 N–H and O–H groups in total. The first kappa shape index (κ1) is 18.3. The normalized spacial score (nSPS) is 10.3. The Bertz CT molecular complexity index is 913. The van der Waals surface area contributed by atoms with Crippen LogP contribution in [0, 0.1) is 0 Å². The van der Waals surface area contributed by atoms with Gasteiger partial charge in [0.05, 0.1) is 7.11 Å². The van der Waals surface area contributed by atoms with Crippen molar-refractivity contribution >= 4 is 5.91 Å². The molecule has 6 heteroatoms. The number of rotatable bonds is 7. The molecule has 0 saturated carbocycles. The summed E-state index contributed by atoms with van der Waals surface area (Å²) in [6.07, 6.45) is 3.45. The molecule has 1 amide bonds. The second-order valence-corrected chi connectivity index (χ2v) is 5.87. The van der Waals surface area contributed by atoms with E-state index in [1.807, 2.05) is 12.1 Å². The molecule has 0 radical (unpaired) electrons. The van der Waals surface area contributed by atoms with Gasteiger partial charge in [-0.05, 0) is 42.0 Å². The van der Waals surface area contributed by atoms with Gasteiger partial charge >= 0.3 is 0 Å². The van der Waals surface area contributed by atoms with Crippen LogP contribution in [0.5, 0.6) is 17.2 Å². The molecule has 3 rings (SSSR count). The molecular weight excluding hydrogens is 344 g/mol. The Balaban J connectivity index is 1.60. The van der Waals surface area contributed by atoms with Crippen molar-refractivity contribution in [1.82, 2.24) is 10.3 Å². The fourth-order valence-corrected chi connectivity index (χ4v) is 2.49. The molecule has 0 saturated heterocycles. The van der Waals surface area contributed by atoms with Gasteiger partial charge < -0.3 is 19.9 Å². The number of amides is 1. The van der Waals surface area contributed by atoms with Gasteiger partial charge in [-0.2, -0.15) is 0 Å². The molecule has 1 aromatic heterocycles. The fraction of sp³-hybridized carbons (Fsp3) is 0.143. The van der Waals surface area contributed by atoms with Gasteiger partial charge in [-0.1, -0.05) is 18.2 Å². The third kappa shape index (κ3) is 4.98. The molecule has 6 nitrogen and oxygen atoms in total. The quantitative estimate of drug-likeness (QED) is 0.672. The van der Waals surface area contributed by atoms with E-state index in [0.717, 1.165) is 11.1 Å². The lowest BCUT2D eigenvalue weighted by molar-refractivity contribution is 0.0950. The number of nitrogens with one attached hydrogen (secondary N) is 1. The molecule has 0 unspecified atom stereocenters. The van der Waals surface area contributed by atoms with Crippen molar-refractivity contribution in [3.63, 3.8) is 0 Å². The monoisotopic (exact) mass is 364 g/mol. The summed E-state index contributed by atoms with van der Waals surface area (Å²) in [4.78, 5) is 16.5. The highest BCUT2D eigenvalue weighted by atomic mass is 16.5. The van der Waals surface area contributed by atoms with Crippen molar-refractivity contribution < 1.29 is 19.4 Å². The number of pyridine rings is 1. The molecule has 0 aliphatic heterocycles. The topological polar surface area (TPSA) is 80.7 Å². The molecule has 1 heterocycles. The fourth-order valence-electron chi connectivity index (χ4n) is 2.49. The van der Waals surface area contributed by atoms with Crippen LogP contribution >= 0.6 is 0 Å². The number of hydrogen-bond donors (Lipinski definition) is 2. The molecule has 0 bridgehead atoms. The Labute approximate surface area is 157 Å². The standard InChI is InChI=1S/C21H20N2O4/c1-26-20-10-15(7-8-19(20)24)13-23-21(25)17-5-2-6-18(11-17)27-14-16-4-3-9-22-12-16/h2-12,24H,13-14H2,1H3,(H,23,25). The summed E-state index contributed by atoms with van der Waals surface area (Å²) in [6, 6.07) is 15.7. The summed E-state index contributed by atoms with van der Waals surface area (Å²) in [5.74, 6) is 0.824. The van der Waals surface area contributed by atoms with E-state index in [0.29, 0.717) is 30.2 Å². The first-order chi connectivity index (χ1) is 13.2. The van der Waals surface area contributed by atoms with Crippen LogP contribution in [0.4, 0.5) is 0 Å². The van der Waals surface area contributed by atoms with Crippen molar-refractivity contribution in [2.45, 2.75) is 13.2 Å². The number of nitrogens with zero attached hydrogens (tertiary/aromatic N) is 1. The van der Waals surface area contributed by atoms with Crippen LogP contribution in [0.3, 0.4) is 0 Å². The third-order valence-corrected chi connectivity index (χ3v) is 3.92. The SMILES string of the molecule is COc1cc(CNC(=O)c2cccc(OCc3cccnc3)c2)ccc1O. The van der Waals surface area contributed by atoms with Crippen molar-refractivity contribution in [2.24, 2.45) is 0 Å². The Morgan fingerprint density at radius 1 is 1.11 bits per heavy atom. The number of aromatic nitrogens is 1. The maximum absolute atomic E-state index is 12.4. The molecular formula is C21H20N2O4. The number of methoxy groups -OCH3 is 1. The summed E-state index contributed by atoms with van der Waals surface area (Å²) in [7, 11) is 1.48. The second kappa shape index (κ2) is 8.71. The average Bonchev–Trinajstić information content (AvgIpc) is 2.72. The van der Waals surface area contributed by atoms with Crippen molar-refractivity contribution in [3.05, 3.63) is 83.7 Å². The maximum Gasteiger partial charge on any atom is 0.251 e. The predicted molar refractivity (Wildman–Crippen MR) is 101 cm³/mol. The van der Waals surface area contributed by atoms with Crippen LogP contribution in [-0.4, -0.2) is 23.1 Å². The van der Waals surface area contributed by atoms with E-state index in [9.17, 15) is 9.90 Å². The first-order valence-electron chi connectivity index (χ1n) is 8.41. The van der Waals surface area contributed by atoms with Gasteiger partial charge in [-0.25, -0.2) is 0 Å². The molecule has 0 aliphatic rings. The van der Waals surface area contributed by atoms with Crippen molar-refractivity contribution in [1.29, 1.82) is 0 Å². The van der Waals surface area contributed by atoms with Gasteiger partial charge in [0.15, 0.2) is 11.5 Å². The number of hydrogen-bond acceptors (Lipinski definition) is 5. The Morgan fingerprint density at radius 2 is 2.00 bits per heavy atom. The highest BCUT2D eigenvalue weighted by Gasteiger charge is 2.08. The Hall–Kier alpha value is -3.54. The summed E-state index contributed by atoms with van der Waals surface area (Å²) in [5.41, 5.74) is 2.28. The largest absolute Gasteiger partial charge is 0.504 e. The van der Waals surface area contributed by atoms with Gasteiger partial charge in [0, 0.05) is 30.1 Å². The minimum Gasteiger partial charge on any atom is -0.504 e. The molecule has 0 fully saturated rings. The van der Waals surface area contributed by atoms with E-state index in [1.54, 1.807) is 48.8 Å². The number of ether oxygens (including phenoxy) is 2. The molecule has 2 aromatic carbocycles. The van der Waals surface area contributed by atoms with E-state index in [2.05, 4.69) is 10.3 Å². The summed E-state index contributed by atoms with van der Waals surface area (Å²) in [5, 5.41) is 12.5. The molecule has 0 spiro atoms. The van der Waals surface area contributed by atoms with Gasteiger partial charge in [0.1, 0.15) is 12.4 Å². The number of phenols is 1. The maximum atomic E-state index is 12.4. The van der Waals surface area contributed by atoms with Gasteiger partial charge in [0.2, 0.25) is 0 Å². The second-order valence-electron chi connectivity index (χ2n) is 5.87. The average molecular weight is 364 g/mol. The number of carbonyl (C=O) groups excluding carboxylic acids is 1. The van der Waals surface area contributed by atoms with E-state index in [-0.39, 0.29) is 11.7 Å². The summed E-state index contributed by atoms with van der Waals surface area (Å²) < 4.78 is 10.8. The Kier molecular flexibility index (Phi) is 5.89. The minimum absolute atomic E-state index is 0.0612. The predicted octanol–water partition coefficient (Wildman–Crippen LogP) is 3.30. The first-order valence-corrected chi connectivity index (χ1v) is 8.41. The number of carbonyl (C=O) groups is 1. The highest BCUT2D eigenvalue weighted by molar-refractivity contribution is 5.94. The highest BCUT2D eigenvalue weighted by Crippen LogP contribution is 2.26. The summed E-state index contributed by atoms with van der Waals surface area (Å²) in [6.45, 7) is 0.697. The van der Waals surface area contributed by atoms with E-state index in [1.165, 1.54) is 13.2 Å². The van der Waals surface area contributed by atoms with Crippen LogP contribution in [0.15, 0.2) is 67.0 Å². The third-order valence-electron chi connectivity index (χ3n) is 3.92.